The molecule has 158 valence electrons. The lowest BCUT2D eigenvalue weighted by molar-refractivity contribution is -0.120. The Morgan fingerprint density at radius 2 is 1.57 bits per heavy atom. The molecule has 1 heterocycles. The van der Waals surface area contributed by atoms with Crippen LogP contribution in [0.3, 0.4) is 0 Å². The Morgan fingerprint density at radius 1 is 0.967 bits per heavy atom. The van der Waals surface area contributed by atoms with Crippen molar-refractivity contribution in [2.45, 2.75) is 26.2 Å². The van der Waals surface area contributed by atoms with Gasteiger partial charge in [-0.1, -0.05) is 37.3 Å². The number of amides is 3. The molecule has 0 unspecified atom stereocenters. The predicted octanol–water partition coefficient (Wildman–Crippen LogP) is 2.88. The lowest BCUT2D eigenvalue weighted by Crippen LogP contribution is -2.36. The van der Waals surface area contributed by atoms with Gasteiger partial charge in [-0.15, -0.1) is 0 Å². The van der Waals surface area contributed by atoms with Gasteiger partial charge in [0.05, 0.1) is 24.5 Å². The van der Waals surface area contributed by atoms with Gasteiger partial charge in [-0.25, -0.2) is 0 Å². The fourth-order valence-corrected chi connectivity index (χ4v) is 3.59. The van der Waals surface area contributed by atoms with E-state index in [1.807, 2.05) is 49.4 Å². The number of aryl methyl sites for hydroxylation is 1. The van der Waals surface area contributed by atoms with Crippen molar-refractivity contribution in [2.24, 2.45) is 0 Å². The maximum atomic E-state index is 12.5. The van der Waals surface area contributed by atoms with E-state index in [1.165, 1.54) is 0 Å². The van der Waals surface area contributed by atoms with Crippen LogP contribution >= 0.6 is 0 Å². The van der Waals surface area contributed by atoms with Crippen LogP contribution in [0.2, 0.25) is 0 Å². The molecular weight excluding hydrogens is 380 g/mol. The molecule has 30 heavy (non-hydrogen) atoms. The number of likely N-dealkylation sites (N-methyl/N-ethyl adjacent to an activating group) is 1. The Hall–Kier alpha value is -3.19. The molecule has 0 bridgehead atoms. The lowest BCUT2D eigenvalue weighted by Gasteiger charge is -2.21. The maximum Gasteiger partial charge on any atom is 0.238 e. The predicted molar refractivity (Wildman–Crippen MR) is 119 cm³/mol. The van der Waals surface area contributed by atoms with Crippen molar-refractivity contribution < 1.29 is 14.4 Å². The largest absolute Gasteiger partial charge is 0.325 e. The van der Waals surface area contributed by atoms with E-state index in [0.29, 0.717) is 24.3 Å². The molecule has 1 aliphatic rings. The molecule has 0 spiro atoms. The van der Waals surface area contributed by atoms with E-state index in [0.717, 1.165) is 24.1 Å². The van der Waals surface area contributed by atoms with E-state index < -0.39 is 0 Å². The van der Waals surface area contributed by atoms with Crippen LogP contribution in [-0.2, 0) is 20.8 Å². The summed E-state index contributed by atoms with van der Waals surface area (Å²) in [4.78, 5) is 40.3. The third-order valence-electron chi connectivity index (χ3n) is 5.04. The molecule has 2 N–H and O–H groups in total. The zero-order valence-corrected chi connectivity index (χ0v) is 17.5. The van der Waals surface area contributed by atoms with Crippen LogP contribution in [0.5, 0.6) is 0 Å². The van der Waals surface area contributed by atoms with Crippen LogP contribution in [0.25, 0.3) is 0 Å². The van der Waals surface area contributed by atoms with Gasteiger partial charge < -0.3 is 15.5 Å². The molecule has 0 radical (unpaired) electrons. The van der Waals surface area contributed by atoms with Gasteiger partial charge in [-0.05, 0) is 43.7 Å². The van der Waals surface area contributed by atoms with E-state index in [9.17, 15) is 14.4 Å². The standard InChI is InChI=1S/C23H28N4O3/c1-3-17-9-4-5-10-18(17)24-21(28)15-26(2)16-22(29)25-19-11-6-7-12-20(19)27-14-8-13-23(27)30/h4-7,9-12H,3,8,13-16H2,1-2H3,(H,24,28)(H,25,29). The Balaban J connectivity index is 1.55. The van der Waals surface area contributed by atoms with Crippen molar-refractivity contribution in [3.8, 4) is 0 Å². The molecule has 3 rings (SSSR count). The molecule has 2 aromatic carbocycles. The van der Waals surface area contributed by atoms with Crippen LogP contribution in [0, 0.1) is 0 Å². The highest BCUT2D eigenvalue weighted by atomic mass is 16.2. The quantitative estimate of drug-likeness (QED) is 0.704. The van der Waals surface area contributed by atoms with E-state index >= 15 is 0 Å². The smallest absolute Gasteiger partial charge is 0.238 e. The molecule has 0 saturated carbocycles. The van der Waals surface area contributed by atoms with E-state index in [-0.39, 0.29) is 30.8 Å². The maximum absolute atomic E-state index is 12.5. The highest BCUT2D eigenvalue weighted by Gasteiger charge is 2.24. The third-order valence-corrected chi connectivity index (χ3v) is 5.04. The monoisotopic (exact) mass is 408 g/mol. The molecule has 2 aromatic rings. The van der Waals surface area contributed by atoms with Crippen LogP contribution in [0.1, 0.15) is 25.3 Å². The summed E-state index contributed by atoms with van der Waals surface area (Å²) in [5.74, 6) is -0.342. The van der Waals surface area contributed by atoms with E-state index in [2.05, 4.69) is 10.6 Å². The van der Waals surface area contributed by atoms with E-state index in [1.54, 1.807) is 22.9 Å². The number of nitrogens with zero attached hydrogens (tertiary/aromatic N) is 2. The fourth-order valence-electron chi connectivity index (χ4n) is 3.59. The summed E-state index contributed by atoms with van der Waals surface area (Å²) in [6.07, 6.45) is 2.18. The summed E-state index contributed by atoms with van der Waals surface area (Å²) in [5, 5.41) is 5.78. The Bertz CT molecular complexity index is 928. The van der Waals surface area contributed by atoms with Crippen LogP contribution in [0.15, 0.2) is 48.5 Å². The van der Waals surface area contributed by atoms with Crippen molar-refractivity contribution in [2.75, 3.05) is 42.2 Å². The number of hydrogen-bond acceptors (Lipinski definition) is 4. The SMILES string of the molecule is CCc1ccccc1NC(=O)CN(C)CC(=O)Nc1ccccc1N1CCCC1=O. The first-order valence-corrected chi connectivity index (χ1v) is 10.2. The average molecular weight is 409 g/mol. The number of carbonyl (C=O) groups is 3. The normalized spacial score (nSPS) is 13.6. The first-order valence-electron chi connectivity index (χ1n) is 10.2. The molecule has 1 saturated heterocycles. The molecule has 1 fully saturated rings. The molecule has 0 aliphatic carbocycles. The van der Waals surface area contributed by atoms with Crippen LogP contribution < -0.4 is 15.5 Å². The van der Waals surface area contributed by atoms with E-state index in [4.69, 9.17) is 0 Å². The number of carbonyl (C=O) groups excluding carboxylic acids is 3. The van der Waals surface area contributed by atoms with Crippen molar-refractivity contribution >= 4 is 34.8 Å². The Kier molecular flexibility index (Phi) is 7.19. The van der Waals surface area contributed by atoms with Gasteiger partial charge in [0, 0.05) is 18.7 Å². The zero-order valence-electron chi connectivity index (χ0n) is 17.5. The molecule has 0 aromatic heterocycles. The number of rotatable bonds is 8. The molecule has 7 nitrogen and oxygen atoms in total. The zero-order chi connectivity index (χ0) is 21.5. The third kappa shape index (κ3) is 5.45. The minimum atomic E-state index is -0.238. The second-order valence-corrected chi connectivity index (χ2v) is 7.45. The van der Waals surface area contributed by atoms with Crippen molar-refractivity contribution in [3.63, 3.8) is 0 Å². The van der Waals surface area contributed by atoms with Crippen LogP contribution in [-0.4, -0.2) is 49.3 Å². The minimum absolute atomic E-state index is 0.0606. The Morgan fingerprint density at radius 3 is 2.20 bits per heavy atom. The number of anilines is 3. The number of para-hydroxylation sites is 3. The number of benzene rings is 2. The molecular formula is C23H28N4O3. The van der Waals surface area contributed by atoms with Gasteiger partial charge in [-0.3, -0.25) is 19.3 Å². The first kappa shape index (κ1) is 21.5. The molecule has 7 heteroatoms. The molecule has 3 amide bonds. The van der Waals surface area contributed by atoms with Gasteiger partial charge in [0.15, 0.2) is 0 Å². The highest BCUT2D eigenvalue weighted by molar-refractivity contribution is 6.02. The summed E-state index contributed by atoms with van der Waals surface area (Å²) < 4.78 is 0. The van der Waals surface area contributed by atoms with Gasteiger partial charge in [0.1, 0.15) is 0 Å². The molecule has 0 atom stereocenters. The van der Waals surface area contributed by atoms with Gasteiger partial charge >= 0.3 is 0 Å². The van der Waals surface area contributed by atoms with Gasteiger partial charge in [0.2, 0.25) is 17.7 Å². The van der Waals surface area contributed by atoms with Crippen LogP contribution in [0.4, 0.5) is 17.1 Å². The number of nitrogens with one attached hydrogen (secondary N) is 2. The van der Waals surface area contributed by atoms with Gasteiger partial charge in [-0.2, -0.15) is 0 Å². The summed E-state index contributed by atoms with van der Waals surface area (Å²) in [6, 6.07) is 15.0. The average Bonchev–Trinajstić information content (AvgIpc) is 3.14. The van der Waals surface area contributed by atoms with Crippen molar-refractivity contribution in [1.29, 1.82) is 0 Å². The summed E-state index contributed by atoms with van der Waals surface area (Å²) >= 11 is 0. The van der Waals surface area contributed by atoms with Gasteiger partial charge in [0.25, 0.3) is 0 Å². The minimum Gasteiger partial charge on any atom is -0.325 e. The second kappa shape index (κ2) is 10.0. The van der Waals surface area contributed by atoms with Crippen molar-refractivity contribution in [1.82, 2.24) is 4.90 Å². The summed E-state index contributed by atoms with van der Waals surface area (Å²) in [7, 11) is 1.72. The summed E-state index contributed by atoms with van der Waals surface area (Å²) in [6.45, 7) is 2.85. The topological polar surface area (TPSA) is 81.8 Å². The highest BCUT2D eigenvalue weighted by Crippen LogP contribution is 2.29. The Labute approximate surface area is 177 Å². The lowest BCUT2D eigenvalue weighted by atomic mass is 10.1. The molecule has 1 aliphatic heterocycles. The summed E-state index contributed by atoms with van der Waals surface area (Å²) in [5.41, 5.74) is 3.18. The first-order chi connectivity index (χ1) is 14.5. The fraction of sp³-hybridized carbons (Fsp3) is 0.348. The second-order valence-electron chi connectivity index (χ2n) is 7.45. The number of hydrogen-bond donors (Lipinski definition) is 2. The van der Waals surface area contributed by atoms with Crippen molar-refractivity contribution in [3.05, 3.63) is 54.1 Å².